The number of rotatable bonds is 7. The Bertz CT molecular complexity index is 1230. The van der Waals surface area contributed by atoms with E-state index >= 15 is 0 Å². The van der Waals surface area contributed by atoms with Gasteiger partial charge in [-0.25, -0.2) is 9.78 Å². The van der Waals surface area contributed by atoms with Gasteiger partial charge in [-0.05, 0) is 82.5 Å². The van der Waals surface area contributed by atoms with Crippen LogP contribution in [-0.4, -0.2) is 41.2 Å². The summed E-state index contributed by atoms with van der Waals surface area (Å²) in [5.74, 6) is 1.01. The van der Waals surface area contributed by atoms with Crippen molar-refractivity contribution in [2.24, 2.45) is 11.7 Å². The zero-order valence-corrected chi connectivity index (χ0v) is 23.4. The molecule has 1 heterocycles. The van der Waals surface area contributed by atoms with Crippen molar-refractivity contribution in [1.82, 2.24) is 20.6 Å². The summed E-state index contributed by atoms with van der Waals surface area (Å²) in [5.41, 5.74) is 7.52. The number of aromatic nitrogens is 2. The maximum absolute atomic E-state index is 12.7. The minimum absolute atomic E-state index is 0.0696. The summed E-state index contributed by atoms with van der Waals surface area (Å²) in [5, 5.41) is 9.54. The molecule has 0 unspecified atom stereocenters. The molecule has 0 bridgehead atoms. The zero-order chi connectivity index (χ0) is 27.7. The van der Waals surface area contributed by atoms with Crippen LogP contribution in [0.1, 0.15) is 68.8 Å². The Kier molecular flexibility index (Phi) is 10.4. The van der Waals surface area contributed by atoms with Crippen LogP contribution in [0.5, 0.6) is 0 Å². The minimum atomic E-state index is -0.561. The van der Waals surface area contributed by atoms with Crippen molar-refractivity contribution in [2.45, 2.75) is 65.0 Å². The van der Waals surface area contributed by atoms with E-state index in [1.165, 1.54) is 39.2 Å². The number of imidazole rings is 1. The van der Waals surface area contributed by atoms with Crippen molar-refractivity contribution in [3.05, 3.63) is 52.5 Å². The summed E-state index contributed by atoms with van der Waals surface area (Å²) in [6.45, 7) is 6.47. The number of H-pyrrole nitrogens is 1. The number of carbonyl (C=O) groups excluding carboxylic acids is 2. The Morgan fingerprint density at radius 2 is 1.82 bits per heavy atom. The molecule has 1 fully saturated rings. The molecular formula is C28H39ClN6O3. The van der Waals surface area contributed by atoms with Crippen LogP contribution in [0.3, 0.4) is 0 Å². The second-order valence-corrected chi connectivity index (χ2v) is 10.7. The number of amides is 2. The van der Waals surface area contributed by atoms with E-state index in [1.807, 2.05) is 45.0 Å². The highest BCUT2D eigenvalue weighted by Crippen LogP contribution is 2.27. The van der Waals surface area contributed by atoms with Gasteiger partial charge in [0.05, 0.1) is 21.7 Å². The molecule has 0 saturated heterocycles. The van der Waals surface area contributed by atoms with Crippen LogP contribution in [0.25, 0.3) is 11.0 Å². The number of aromatic amines is 1. The number of fused-ring (bicyclic) bond motifs is 1. The Morgan fingerprint density at radius 3 is 2.53 bits per heavy atom. The highest BCUT2D eigenvalue weighted by molar-refractivity contribution is 6.33. The molecule has 0 radical (unpaired) electrons. The fraction of sp³-hybridized carbons (Fsp3) is 0.464. The van der Waals surface area contributed by atoms with Crippen molar-refractivity contribution in [3.8, 4) is 0 Å². The first kappa shape index (κ1) is 29.3. The lowest BCUT2D eigenvalue weighted by molar-refractivity contribution is 0.0523. The number of nitrogens with zero attached hydrogens (tertiary/aromatic N) is 1. The van der Waals surface area contributed by atoms with Gasteiger partial charge in [-0.15, -0.1) is 0 Å². The third-order valence-electron chi connectivity index (χ3n) is 6.14. The molecule has 1 aromatic heterocycles. The van der Waals surface area contributed by atoms with Gasteiger partial charge in [0.25, 0.3) is 5.91 Å². The number of alkyl carbamates (subject to hydrolysis) is 1. The molecule has 6 N–H and O–H groups in total. The molecule has 1 aliphatic carbocycles. The standard InChI is InChI=1S/C27H34ClN5O3.CH5N/c1-27(2,3)36-26(35)30-16-18-9-11-20(28)22(13-18)32-25-31-21-12-10-19(14-23(21)33-25)24(34)29-15-17-7-5-4-6-8-17;1-2/h9-14,17H,4-8,15-16H2,1-3H3,(H,29,34)(H,30,35)(H2,31,32,33);2H2,1H3. The van der Waals surface area contributed by atoms with Gasteiger partial charge in [-0.3, -0.25) is 4.79 Å². The molecule has 206 valence electrons. The van der Waals surface area contributed by atoms with Crippen LogP contribution in [0.4, 0.5) is 16.4 Å². The molecule has 1 aliphatic rings. The van der Waals surface area contributed by atoms with Gasteiger partial charge < -0.3 is 31.4 Å². The zero-order valence-electron chi connectivity index (χ0n) is 22.6. The molecule has 0 atom stereocenters. The number of hydrogen-bond acceptors (Lipinski definition) is 6. The molecule has 2 amide bonds. The largest absolute Gasteiger partial charge is 0.444 e. The lowest BCUT2D eigenvalue weighted by atomic mass is 9.89. The Balaban J connectivity index is 0.00000195. The first-order valence-electron chi connectivity index (χ1n) is 13.0. The van der Waals surface area contributed by atoms with Crippen LogP contribution in [0.2, 0.25) is 5.02 Å². The fourth-order valence-corrected chi connectivity index (χ4v) is 4.50. The maximum Gasteiger partial charge on any atom is 0.407 e. The third-order valence-corrected chi connectivity index (χ3v) is 6.47. The average molecular weight is 543 g/mol. The molecule has 10 heteroatoms. The van der Waals surface area contributed by atoms with E-state index in [0.29, 0.717) is 34.7 Å². The molecule has 9 nitrogen and oxygen atoms in total. The topological polar surface area (TPSA) is 134 Å². The molecule has 38 heavy (non-hydrogen) atoms. The van der Waals surface area contributed by atoms with E-state index in [2.05, 4.69) is 31.7 Å². The molecule has 3 aromatic rings. The van der Waals surface area contributed by atoms with Gasteiger partial charge in [-0.1, -0.05) is 36.9 Å². The highest BCUT2D eigenvalue weighted by atomic mass is 35.5. The quantitative estimate of drug-likeness (QED) is 0.253. The summed E-state index contributed by atoms with van der Waals surface area (Å²) in [7, 11) is 1.50. The Morgan fingerprint density at radius 1 is 1.08 bits per heavy atom. The monoisotopic (exact) mass is 542 g/mol. The molecule has 0 spiro atoms. The molecule has 4 rings (SSSR count). The van der Waals surface area contributed by atoms with E-state index < -0.39 is 11.7 Å². The van der Waals surface area contributed by atoms with Crippen molar-refractivity contribution in [1.29, 1.82) is 0 Å². The summed E-state index contributed by atoms with van der Waals surface area (Å²) in [6, 6.07) is 10.9. The van der Waals surface area contributed by atoms with E-state index in [-0.39, 0.29) is 5.91 Å². The molecule has 0 aliphatic heterocycles. The van der Waals surface area contributed by atoms with Gasteiger partial charge in [0.2, 0.25) is 5.95 Å². The molecule has 2 aromatic carbocycles. The predicted molar refractivity (Wildman–Crippen MR) is 153 cm³/mol. The summed E-state index contributed by atoms with van der Waals surface area (Å²) < 4.78 is 5.28. The van der Waals surface area contributed by atoms with Crippen molar-refractivity contribution in [2.75, 3.05) is 18.9 Å². The van der Waals surface area contributed by atoms with E-state index in [0.717, 1.165) is 23.1 Å². The minimum Gasteiger partial charge on any atom is -0.444 e. The predicted octanol–water partition coefficient (Wildman–Crippen LogP) is 5.87. The smallest absolute Gasteiger partial charge is 0.407 e. The van der Waals surface area contributed by atoms with Crippen molar-refractivity contribution in [3.63, 3.8) is 0 Å². The second kappa shape index (κ2) is 13.5. The first-order chi connectivity index (χ1) is 18.2. The summed E-state index contributed by atoms with van der Waals surface area (Å²) >= 11 is 6.39. The normalized spacial score (nSPS) is 13.8. The van der Waals surface area contributed by atoms with E-state index in [4.69, 9.17) is 16.3 Å². The summed E-state index contributed by atoms with van der Waals surface area (Å²) in [4.78, 5) is 32.4. The number of anilines is 2. The van der Waals surface area contributed by atoms with Crippen molar-refractivity contribution >= 4 is 46.3 Å². The van der Waals surface area contributed by atoms with Gasteiger partial charge in [0.1, 0.15) is 5.60 Å². The van der Waals surface area contributed by atoms with Gasteiger partial charge in [0, 0.05) is 18.7 Å². The van der Waals surface area contributed by atoms with Gasteiger partial charge >= 0.3 is 6.09 Å². The van der Waals surface area contributed by atoms with Crippen molar-refractivity contribution < 1.29 is 14.3 Å². The summed E-state index contributed by atoms with van der Waals surface area (Å²) in [6.07, 6.45) is 5.71. The number of carbonyl (C=O) groups is 2. The number of nitrogens with two attached hydrogens (primary N) is 1. The van der Waals surface area contributed by atoms with Gasteiger partial charge in [0.15, 0.2) is 0 Å². The van der Waals surface area contributed by atoms with Crippen LogP contribution < -0.4 is 21.7 Å². The second-order valence-electron chi connectivity index (χ2n) is 10.3. The van der Waals surface area contributed by atoms with Gasteiger partial charge in [-0.2, -0.15) is 0 Å². The SMILES string of the molecule is CC(C)(C)OC(=O)NCc1ccc(Cl)c(Nc2nc3ccc(C(=O)NCC4CCCCC4)cc3[nH]2)c1.CN. The maximum atomic E-state index is 12.7. The Hall–Kier alpha value is -3.30. The van der Waals surface area contributed by atoms with E-state index in [1.54, 1.807) is 12.1 Å². The van der Waals surface area contributed by atoms with E-state index in [9.17, 15) is 9.59 Å². The lowest BCUT2D eigenvalue weighted by Gasteiger charge is -2.21. The number of nitrogens with one attached hydrogen (secondary N) is 4. The van der Waals surface area contributed by atoms with Crippen LogP contribution in [0.15, 0.2) is 36.4 Å². The van der Waals surface area contributed by atoms with Crippen LogP contribution >= 0.6 is 11.6 Å². The lowest BCUT2D eigenvalue weighted by Crippen LogP contribution is -2.32. The number of hydrogen-bond donors (Lipinski definition) is 5. The van der Waals surface area contributed by atoms with Crippen LogP contribution in [0, 0.1) is 5.92 Å². The third kappa shape index (κ3) is 8.63. The Labute approximate surface area is 229 Å². The van der Waals surface area contributed by atoms with Crippen LogP contribution in [-0.2, 0) is 11.3 Å². The number of benzene rings is 2. The average Bonchev–Trinajstić information content (AvgIpc) is 3.30. The number of halogens is 1. The highest BCUT2D eigenvalue weighted by Gasteiger charge is 2.17. The first-order valence-corrected chi connectivity index (χ1v) is 13.4. The molecular weight excluding hydrogens is 504 g/mol. The fourth-order valence-electron chi connectivity index (χ4n) is 4.33. The molecule has 1 saturated carbocycles. The number of ether oxygens (including phenoxy) is 1.